The number of fused-ring (bicyclic) bond motifs is 1. The Kier molecular flexibility index (Phi) is 5.58. The van der Waals surface area contributed by atoms with Crippen LogP contribution in [0.4, 0.5) is 5.69 Å². The van der Waals surface area contributed by atoms with E-state index in [1.807, 2.05) is 25.1 Å². The molecule has 142 valence electrons. The highest BCUT2D eigenvalue weighted by molar-refractivity contribution is 5.93. The largest absolute Gasteiger partial charge is 0.316 e. The summed E-state index contributed by atoms with van der Waals surface area (Å²) in [4.78, 5) is 15.3. The number of carbonyl (C=O) groups is 1. The molecular formula is C24H30N2O. The summed E-state index contributed by atoms with van der Waals surface area (Å²) in [5.74, 6) is 1.24. The molecule has 1 saturated heterocycles. The lowest BCUT2D eigenvalue weighted by Crippen LogP contribution is -2.53. The number of hydrogen-bond acceptors (Lipinski definition) is 2. The molecule has 1 amide bonds. The summed E-state index contributed by atoms with van der Waals surface area (Å²) < 4.78 is 0. The highest BCUT2D eigenvalue weighted by atomic mass is 16.2. The predicted octanol–water partition coefficient (Wildman–Crippen LogP) is 4.21. The zero-order chi connectivity index (χ0) is 18.6. The number of carbonyl (C=O) groups excluding carboxylic acids is 1. The van der Waals surface area contributed by atoms with Gasteiger partial charge in [-0.3, -0.25) is 4.79 Å². The maximum Gasteiger partial charge on any atom is 0.226 e. The van der Waals surface area contributed by atoms with Crippen LogP contribution in [0.15, 0.2) is 54.6 Å². The SMILES string of the molecule is CCC(=O)N(c1ccccc1)C(C1CCCNC1)C1Cc2ccccc2C1. The second-order valence-corrected chi connectivity index (χ2v) is 7.99. The number of nitrogens with one attached hydrogen (secondary N) is 1. The molecule has 1 aliphatic heterocycles. The number of anilines is 1. The molecule has 1 N–H and O–H groups in total. The molecule has 0 radical (unpaired) electrons. The van der Waals surface area contributed by atoms with Gasteiger partial charge in [-0.15, -0.1) is 0 Å². The van der Waals surface area contributed by atoms with Gasteiger partial charge < -0.3 is 10.2 Å². The molecular weight excluding hydrogens is 332 g/mol. The zero-order valence-corrected chi connectivity index (χ0v) is 16.2. The minimum Gasteiger partial charge on any atom is -0.316 e. The van der Waals surface area contributed by atoms with Crippen molar-refractivity contribution in [2.45, 2.75) is 45.1 Å². The molecule has 0 saturated carbocycles. The fraction of sp³-hybridized carbons (Fsp3) is 0.458. The molecule has 1 heterocycles. The smallest absolute Gasteiger partial charge is 0.226 e. The van der Waals surface area contributed by atoms with Crippen molar-refractivity contribution in [1.29, 1.82) is 0 Å². The molecule has 0 bridgehead atoms. The van der Waals surface area contributed by atoms with Crippen LogP contribution in [0.2, 0.25) is 0 Å². The average molecular weight is 363 g/mol. The Balaban J connectivity index is 1.71. The lowest BCUT2D eigenvalue weighted by Gasteiger charge is -2.42. The van der Waals surface area contributed by atoms with Crippen LogP contribution in [0.5, 0.6) is 0 Å². The Morgan fingerprint density at radius 3 is 2.30 bits per heavy atom. The summed E-state index contributed by atoms with van der Waals surface area (Å²) in [6.45, 7) is 4.09. The van der Waals surface area contributed by atoms with Gasteiger partial charge in [0.25, 0.3) is 0 Å². The Morgan fingerprint density at radius 1 is 1.04 bits per heavy atom. The first-order valence-corrected chi connectivity index (χ1v) is 10.4. The molecule has 2 unspecified atom stereocenters. The van der Waals surface area contributed by atoms with Crippen molar-refractivity contribution in [3.63, 3.8) is 0 Å². The van der Waals surface area contributed by atoms with E-state index in [1.54, 1.807) is 0 Å². The van der Waals surface area contributed by atoms with E-state index in [4.69, 9.17) is 0 Å². The van der Waals surface area contributed by atoms with E-state index in [0.717, 1.165) is 31.6 Å². The van der Waals surface area contributed by atoms with Crippen LogP contribution in [0, 0.1) is 11.8 Å². The first-order chi connectivity index (χ1) is 13.3. The Morgan fingerprint density at radius 2 is 1.70 bits per heavy atom. The molecule has 27 heavy (non-hydrogen) atoms. The van der Waals surface area contributed by atoms with E-state index in [-0.39, 0.29) is 11.9 Å². The summed E-state index contributed by atoms with van der Waals surface area (Å²) >= 11 is 0. The number of amides is 1. The van der Waals surface area contributed by atoms with Gasteiger partial charge in [0.05, 0.1) is 0 Å². The van der Waals surface area contributed by atoms with Crippen molar-refractivity contribution >= 4 is 11.6 Å². The van der Waals surface area contributed by atoms with Crippen LogP contribution in [-0.4, -0.2) is 25.0 Å². The molecule has 3 heteroatoms. The zero-order valence-electron chi connectivity index (χ0n) is 16.2. The van der Waals surface area contributed by atoms with Gasteiger partial charge in [0.1, 0.15) is 0 Å². The van der Waals surface area contributed by atoms with E-state index < -0.39 is 0 Å². The number of piperidine rings is 1. The summed E-state index contributed by atoms with van der Waals surface area (Å²) in [5.41, 5.74) is 3.98. The van der Waals surface area contributed by atoms with E-state index in [9.17, 15) is 4.79 Å². The van der Waals surface area contributed by atoms with Crippen molar-refractivity contribution in [3.05, 3.63) is 65.7 Å². The van der Waals surface area contributed by atoms with Crippen LogP contribution >= 0.6 is 0 Å². The molecule has 2 atom stereocenters. The van der Waals surface area contributed by atoms with Crippen molar-refractivity contribution in [2.24, 2.45) is 11.8 Å². The summed E-state index contributed by atoms with van der Waals surface area (Å²) in [6.07, 6.45) is 5.11. The van der Waals surface area contributed by atoms with Crippen molar-refractivity contribution in [1.82, 2.24) is 5.32 Å². The van der Waals surface area contributed by atoms with E-state index in [2.05, 4.69) is 46.6 Å². The van der Waals surface area contributed by atoms with Gasteiger partial charge in [0, 0.05) is 18.2 Å². The molecule has 0 aromatic heterocycles. The summed E-state index contributed by atoms with van der Waals surface area (Å²) in [5, 5.41) is 3.59. The predicted molar refractivity (Wildman–Crippen MR) is 111 cm³/mol. The van der Waals surface area contributed by atoms with Gasteiger partial charge in [0.15, 0.2) is 0 Å². The molecule has 1 aliphatic carbocycles. The molecule has 4 rings (SSSR count). The highest BCUT2D eigenvalue weighted by Crippen LogP contribution is 2.37. The first-order valence-electron chi connectivity index (χ1n) is 10.4. The first kappa shape index (κ1) is 18.2. The van der Waals surface area contributed by atoms with Crippen molar-refractivity contribution in [3.8, 4) is 0 Å². The van der Waals surface area contributed by atoms with E-state index >= 15 is 0 Å². The second kappa shape index (κ2) is 8.26. The number of hydrogen-bond donors (Lipinski definition) is 1. The van der Waals surface area contributed by atoms with Crippen LogP contribution in [0.1, 0.15) is 37.3 Å². The Bertz CT molecular complexity index is 742. The van der Waals surface area contributed by atoms with E-state index in [1.165, 1.54) is 24.0 Å². The maximum atomic E-state index is 13.1. The minimum atomic E-state index is 0.243. The van der Waals surface area contributed by atoms with Crippen LogP contribution in [-0.2, 0) is 17.6 Å². The van der Waals surface area contributed by atoms with E-state index in [0.29, 0.717) is 18.3 Å². The Hall–Kier alpha value is -2.13. The molecule has 1 fully saturated rings. The quantitative estimate of drug-likeness (QED) is 0.864. The number of benzene rings is 2. The fourth-order valence-corrected chi connectivity index (χ4v) is 5.05. The third-order valence-electron chi connectivity index (χ3n) is 6.29. The number of nitrogens with zero attached hydrogens (tertiary/aromatic N) is 1. The molecule has 2 aromatic rings. The molecule has 2 aliphatic rings. The van der Waals surface area contributed by atoms with Crippen LogP contribution < -0.4 is 10.2 Å². The van der Waals surface area contributed by atoms with Crippen LogP contribution in [0.25, 0.3) is 0 Å². The standard InChI is InChI=1S/C24H30N2O/c1-2-23(27)26(22-12-4-3-5-13-22)24(20-11-8-14-25-17-20)21-15-18-9-6-7-10-19(18)16-21/h3-7,9-10,12-13,20-21,24-25H,2,8,11,14-17H2,1H3. The highest BCUT2D eigenvalue weighted by Gasteiger charge is 2.40. The van der Waals surface area contributed by atoms with Crippen LogP contribution in [0.3, 0.4) is 0 Å². The van der Waals surface area contributed by atoms with Crippen molar-refractivity contribution in [2.75, 3.05) is 18.0 Å². The third kappa shape index (κ3) is 3.79. The fourth-order valence-electron chi connectivity index (χ4n) is 5.05. The number of rotatable bonds is 5. The lowest BCUT2D eigenvalue weighted by atomic mass is 9.80. The third-order valence-corrected chi connectivity index (χ3v) is 6.29. The van der Waals surface area contributed by atoms with Gasteiger partial charge in [-0.05, 0) is 73.9 Å². The molecule has 3 nitrogen and oxygen atoms in total. The Labute approximate surface area is 162 Å². The van der Waals surface area contributed by atoms with Gasteiger partial charge in [-0.25, -0.2) is 0 Å². The monoisotopic (exact) mass is 362 g/mol. The van der Waals surface area contributed by atoms with Gasteiger partial charge in [-0.2, -0.15) is 0 Å². The number of para-hydroxylation sites is 1. The van der Waals surface area contributed by atoms with Crippen molar-refractivity contribution < 1.29 is 4.79 Å². The minimum absolute atomic E-state index is 0.243. The van der Waals surface area contributed by atoms with Gasteiger partial charge in [-0.1, -0.05) is 49.4 Å². The summed E-state index contributed by atoms with van der Waals surface area (Å²) in [7, 11) is 0. The normalized spacial score (nSPS) is 20.9. The summed E-state index contributed by atoms with van der Waals surface area (Å²) in [6, 6.07) is 19.4. The average Bonchev–Trinajstić information content (AvgIpc) is 3.16. The second-order valence-electron chi connectivity index (χ2n) is 7.99. The maximum absolute atomic E-state index is 13.1. The molecule has 2 aromatic carbocycles. The lowest BCUT2D eigenvalue weighted by molar-refractivity contribution is -0.119. The topological polar surface area (TPSA) is 32.3 Å². The van der Waals surface area contributed by atoms with Gasteiger partial charge in [0.2, 0.25) is 5.91 Å². The molecule has 0 spiro atoms. The van der Waals surface area contributed by atoms with Gasteiger partial charge >= 0.3 is 0 Å².